The molecular formula is C28H59NO. The minimum atomic E-state index is -0.142. The van der Waals surface area contributed by atoms with Gasteiger partial charge in [0.1, 0.15) is 0 Å². The Kier molecular flexibility index (Phi) is 26.9. The molecule has 30 heavy (non-hydrogen) atoms. The lowest BCUT2D eigenvalue weighted by molar-refractivity contribution is 0.158. The summed E-state index contributed by atoms with van der Waals surface area (Å²) in [5.74, 6) is 0. The van der Waals surface area contributed by atoms with Crippen molar-refractivity contribution in [3.63, 3.8) is 0 Å². The summed E-state index contributed by atoms with van der Waals surface area (Å²) in [5, 5.41) is 13.5. The molecule has 2 heteroatoms. The van der Waals surface area contributed by atoms with Crippen LogP contribution in [-0.4, -0.2) is 24.3 Å². The van der Waals surface area contributed by atoms with Crippen molar-refractivity contribution < 1.29 is 5.11 Å². The Bertz CT molecular complexity index is 294. The van der Waals surface area contributed by atoms with Gasteiger partial charge in [-0.1, -0.05) is 149 Å². The van der Waals surface area contributed by atoms with Gasteiger partial charge < -0.3 is 10.4 Å². The van der Waals surface area contributed by atoms with Gasteiger partial charge in [-0.25, -0.2) is 0 Å². The molecule has 0 heterocycles. The van der Waals surface area contributed by atoms with Gasteiger partial charge in [0.25, 0.3) is 0 Å². The van der Waals surface area contributed by atoms with Crippen LogP contribution in [0.15, 0.2) is 0 Å². The van der Waals surface area contributed by atoms with Gasteiger partial charge in [-0.05, 0) is 19.4 Å². The van der Waals surface area contributed by atoms with Crippen molar-refractivity contribution in [2.24, 2.45) is 0 Å². The molecule has 0 bridgehead atoms. The quantitative estimate of drug-likeness (QED) is 0.135. The van der Waals surface area contributed by atoms with E-state index < -0.39 is 0 Å². The fourth-order valence-electron chi connectivity index (χ4n) is 4.33. The maximum absolute atomic E-state index is 10.1. The van der Waals surface area contributed by atoms with Crippen LogP contribution in [0.3, 0.4) is 0 Å². The van der Waals surface area contributed by atoms with Crippen molar-refractivity contribution in [3.8, 4) is 0 Å². The van der Waals surface area contributed by atoms with Gasteiger partial charge >= 0.3 is 0 Å². The summed E-state index contributed by atoms with van der Waals surface area (Å²) < 4.78 is 0. The van der Waals surface area contributed by atoms with E-state index in [1.807, 2.05) is 0 Å². The summed E-state index contributed by atoms with van der Waals surface area (Å²) in [6, 6.07) is 0. The molecule has 0 saturated carbocycles. The number of aliphatic hydroxyl groups is 1. The van der Waals surface area contributed by atoms with E-state index in [2.05, 4.69) is 19.2 Å². The molecule has 0 radical (unpaired) electrons. The summed E-state index contributed by atoms with van der Waals surface area (Å²) in [7, 11) is 0. The number of hydrogen-bond acceptors (Lipinski definition) is 2. The first kappa shape index (κ1) is 29.9. The van der Waals surface area contributed by atoms with Crippen molar-refractivity contribution in [1.82, 2.24) is 5.32 Å². The van der Waals surface area contributed by atoms with E-state index in [9.17, 15) is 5.11 Å². The standard InChI is InChI=1S/C28H59NO/c1-3-5-7-9-11-13-14-15-16-17-18-20-22-24-26-29-27-28(30)25-23-21-19-12-10-8-6-4-2/h28-30H,3-27H2,1-2H3. The van der Waals surface area contributed by atoms with E-state index in [0.717, 1.165) is 19.5 Å². The topological polar surface area (TPSA) is 32.3 Å². The summed E-state index contributed by atoms with van der Waals surface area (Å²) in [6.07, 6.45) is 31.4. The van der Waals surface area contributed by atoms with E-state index in [-0.39, 0.29) is 6.10 Å². The fraction of sp³-hybridized carbons (Fsp3) is 1.00. The molecule has 1 unspecified atom stereocenters. The Morgan fingerprint density at radius 2 is 0.800 bits per heavy atom. The Morgan fingerprint density at radius 3 is 1.20 bits per heavy atom. The molecule has 0 aromatic heterocycles. The van der Waals surface area contributed by atoms with Gasteiger partial charge in [-0.3, -0.25) is 0 Å². The number of unbranched alkanes of at least 4 members (excludes halogenated alkanes) is 20. The Hall–Kier alpha value is -0.0800. The highest BCUT2D eigenvalue weighted by Crippen LogP contribution is 2.13. The predicted octanol–water partition coefficient (Wildman–Crippen LogP) is 8.95. The fourth-order valence-corrected chi connectivity index (χ4v) is 4.33. The van der Waals surface area contributed by atoms with Crippen LogP contribution in [0.1, 0.15) is 162 Å². The second-order valence-electron chi connectivity index (χ2n) is 9.72. The lowest BCUT2D eigenvalue weighted by atomic mass is 10.0. The smallest absolute Gasteiger partial charge is 0.0664 e. The molecule has 0 rings (SSSR count). The van der Waals surface area contributed by atoms with Crippen molar-refractivity contribution in [1.29, 1.82) is 0 Å². The van der Waals surface area contributed by atoms with Crippen LogP contribution in [0.5, 0.6) is 0 Å². The normalized spacial score (nSPS) is 12.5. The van der Waals surface area contributed by atoms with Gasteiger partial charge in [-0.15, -0.1) is 0 Å². The highest BCUT2D eigenvalue weighted by Gasteiger charge is 2.03. The number of nitrogens with one attached hydrogen (secondary N) is 1. The highest BCUT2D eigenvalue weighted by atomic mass is 16.3. The Balaban J connectivity index is 3.11. The zero-order chi connectivity index (χ0) is 22.0. The van der Waals surface area contributed by atoms with Gasteiger partial charge in [0.05, 0.1) is 6.10 Å². The minimum Gasteiger partial charge on any atom is -0.392 e. The van der Waals surface area contributed by atoms with Gasteiger partial charge in [0.2, 0.25) is 0 Å². The molecule has 0 fully saturated rings. The van der Waals surface area contributed by atoms with Crippen LogP contribution in [-0.2, 0) is 0 Å². The van der Waals surface area contributed by atoms with Gasteiger partial charge in [0.15, 0.2) is 0 Å². The molecule has 0 amide bonds. The average Bonchev–Trinajstić information content (AvgIpc) is 2.75. The van der Waals surface area contributed by atoms with Crippen LogP contribution in [0.4, 0.5) is 0 Å². The predicted molar refractivity (Wildman–Crippen MR) is 136 cm³/mol. The van der Waals surface area contributed by atoms with Crippen LogP contribution in [0.2, 0.25) is 0 Å². The summed E-state index contributed by atoms with van der Waals surface area (Å²) >= 11 is 0. The molecule has 2 N–H and O–H groups in total. The molecule has 1 atom stereocenters. The van der Waals surface area contributed by atoms with Crippen molar-refractivity contribution in [2.45, 2.75) is 168 Å². The monoisotopic (exact) mass is 425 g/mol. The second-order valence-corrected chi connectivity index (χ2v) is 9.72. The van der Waals surface area contributed by atoms with Crippen LogP contribution in [0, 0.1) is 0 Å². The first-order valence-electron chi connectivity index (χ1n) is 14.2. The third kappa shape index (κ3) is 26.0. The molecule has 0 aliphatic heterocycles. The summed E-state index contributed by atoms with van der Waals surface area (Å²) in [6.45, 7) is 6.43. The number of hydrogen-bond donors (Lipinski definition) is 2. The van der Waals surface area contributed by atoms with E-state index >= 15 is 0 Å². The molecular weight excluding hydrogens is 366 g/mol. The summed E-state index contributed by atoms with van der Waals surface area (Å²) in [4.78, 5) is 0. The molecule has 0 spiro atoms. The maximum atomic E-state index is 10.1. The SMILES string of the molecule is CCCCCCCCCCCCCCCCNCC(O)CCCCCCCCCC. The Labute approximate surface area is 191 Å². The van der Waals surface area contributed by atoms with Crippen molar-refractivity contribution in [2.75, 3.05) is 13.1 Å². The lowest BCUT2D eigenvalue weighted by Gasteiger charge is -2.11. The molecule has 182 valence electrons. The lowest BCUT2D eigenvalue weighted by Crippen LogP contribution is -2.27. The molecule has 0 aliphatic carbocycles. The molecule has 0 aliphatic rings. The van der Waals surface area contributed by atoms with Crippen molar-refractivity contribution >= 4 is 0 Å². The largest absolute Gasteiger partial charge is 0.392 e. The first-order valence-corrected chi connectivity index (χ1v) is 14.2. The minimum absolute atomic E-state index is 0.142. The second kappa shape index (κ2) is 27.0. The number of rotatable bonds is 26. The van der Waals surface area contributed by atoms with E-state index in [0.29, 0.717) is 0 Å². The highest BCUT2D eigenvalue weighted by molar-refractivity contribution is 4.60. The van der Waals surface area contributed by atoms with Gasteiger partial charge in [0, 0.05) is 6.54 Å². The maximum Gasteiger partial charge on any atom is 0.0664 e. The van der Waals surface area contributed by atoms with Gasteiger partial charge in [-0.2, -0.15) is 0 Å². The first-order chi connectivity index (χ1) is 14.8. The van der Waals surface area contributed by atoms with E-state index in [1.165, 1.54) is 141 Å². The van der Waals surface area contributed by atoms with E-state index in [4.69, 9.17) is 0 Å². The number of aliphatic hydroxyl groups excluding tert-OH is 1. The van der Waals surface area contributed by atoms with Crippen LogP contribution >= 0.6 is 0 Å². The molecule has 0 aromatic rings. The molecule has 2 nitrogen and oxygen atoms in total. The average molecular weight is 426 g/mol. The third-order valence-electron chi connectivity index (χ3n) is 6.48. The van der Waals surface area contributed by atoms with Crippen molar-refractivity contribution in [3.05, 3.63) is 0 Å². The van der Waals surface area contributed by atoms with Crippen LogP contribution in [0.25, 0.3) is 0 Å². The zero-order valence-electron chi connectivity index (χ0n) is 21.2. The summed E-state index contributed by atoms with van der Waals surface area (Å²) in [5.41, 5.74) is 0. The Morgan fingerprint density at radius 1 is 0.467 bits per heavy atom. The zero-order valence-corrected chi connectivity index (χ0v) is 21.2. The third-order valence-corrected chi connectivity index (χ3v) is 6.48. The van der Waals surface area contributed by atoms with Crippen LogP contribution < -0.4 is 5.32 Å². The van der Waals surface area contributed by atoms with E-state index in [1.54, 1.807) is 0 Å². The molecule has 0 aromatic carbocycles. The molecule has 0 saturated heterocycles.